The van der Waals surface area contributed by atoms with Crippen LogP contribution in [0.1, 0.15) is 53.2 Å². The van der Waals surface area contributed by atoms with Crippen molar-refractivity contribution < 1.29 is 9.90 Å². The Morgan fingerprint density at radius 2 is 1.90 bits per heavy atom. The molecule has 0 saturated carbocycles. The highest BCUT2D eigenvalue weighted by Gasteiger charge is 2.28. The molecule has 1 amide bonds. The predicted octanol–water partition coefficient (Wildman–Crippen LogP) is 2.30. The number of benzene rings is 1. The average Bonchev–Trinajstić information content (AvgIpc) is 2.76. The molecule has 1 N–H and O–H groups in total. The van der Waals surface area contributed by atoms with Crippen molar-refractivity contribution in [3.05, 3.63) is 57.5 Å². The Labute approximate surface area is 176 Å². The topological polar surface area (TPSA) is 78.7 Å². The number of aromatic nitrogens is 2. The first-order valence-corrected chi connectivity index (χ1v) is 10.8. The van der Waals surface area contributed by atoms with E-state index >= 15 is 0 Å². The number of aliphatic hydroxyl groups excluding tert-OH is 1. The first kappa shape index (κ1) is 20.6. The van der Waals surface area contributed by atoms with Crippen LogP contribution in [0.2, 0.25) is 0 Å². The van der Waals surface area contributed by atoms with Gasteiger partial charge in [0.25, 0.3) is 11.5 Å². The van der Waals surface area contributed by atoms with E-state index in [2.05, 4.69) is 10.00 Å². The number of likely N-dealkylation sites (tertiary alicyclic amines) is 1. The maximum absolute atomic E-state index is 13.1. The van der Waals surface area contributed by atoms with Gasteiger partial charge in [-0.25, -0.2) is 4.68 Å². The number of aliphatic hydroxyl groups is 1. The number of aryl methyl sites for hydroxylation is 1. The Morgan fingerprint density at radius 3 is 2.63 bits per heavy atom. The number of hydrogen-bond acceptors (Lipinski definition) is 5. The fourth-order valence-electron chi connectivity index (χ4n) is 4.47. The quantitative estimate of drug-likeness (QED) is 0.840. The normalized spacial score (nSPS) is 20.4. The van der Waals surface area contributed by atoms with E-state index < -0.39 is 0 Å². The minimum absolute atomic E-state index is 0.0254. The largest absolute Gasteiger partial charge is 0.393 e. The Morgan fingerprint density at radius 1 is 1.13 bits per heavy atom. The van der Waals surface area contributed by atoms with Gasteiger partial charge in [0.2, 0.25) is 0 Å². The zero-order chi connectivity index (χ0) is 21.3. The van der Waals surface area contributed by atoms with Crippen molar-refractivity contribution in [2.24, 2.45) is 0 Å². The lowest BCUT2D eigenvalue weighted by molar-refractivity contribution is 0.0669. The van der Waals surface area contributed by atoms with Crippen molar-refractivity contribution >= 4 is 11.6 Å². The van der Waals surface area contributed by atoms with Crippen molar-refractivity contribution in [1.29, 1.82) is 0 Å². The molecule has 7 heteroatoms. The summed E-state index contributed by atoms with van der Waals surface area (Å²) in [7, 11) is 0. The third kappa shape index (κ3) is 4.12. The molecule has 30 heavy (non-hydrogen) atoms. The molecule has 1 atom stereocenters. The van der Waals surface area contributed by atoms with Crippen LogP contribution in [0.15, 0.2) is 35.3 Å². The molecule has 0 radical (unpaired) electrons. The highest BCUT2D eigenvalue weighted by Crippen LogP contribution is 2.24. The molecule has 2 saturated heterocycles. The molecule has 160 valence electrons. The summed E-state index contributed by atoms with van der Waals surface area (Å²) in [6.45, 7) is 6.65. The molecule has 1 aromatic carbocycles. The first-order chi connectivity index (χ1) is 14.4. The van der Waals surface area contributed by atoms with Crippen molar-refractivity contribution in [2.45, 2.75) is 51.7 Å². The molecule has 0 aliphatic carbocycles. The number of carbonyl (C=O) groups excluding carboxylic acids is 1. The van der Waals surface area contributed by atoms with E-state index in [0.717, 1.165) is 48.3 Å². The van der Waals surface area contributed by atoms with E-state index in [0.29, 0.717) is 25.9 Å². The lowest BCUT2D eigenvalue weighted by Crippen LogP contribution is -2.44. The van der Waals surface area contributed by atoms with Crippen LogP contribution in [-0.4, -0.2) is 58.0 Å². The summed E-state index contributed by atoms with van der Waals surface area (Å²) in [5.41, 5.74) is 3.52. The van der Waals surface area contributed by atoms with Gasteiger partial charge in [0.15, 0.2) is 0 Å². The van der Waals surface area contributed by atoms with Crippen LogP contribution in [0.3, 0.4) is 0 Å². The van der Waals surface area contributed by atoms with Gasteiger partial charge in [0.1, 0.15) is 0 Å². The number of nitrogens with zero attached hydrogens (tertiary/aromatic N) is 4. The minimum atomic E-state index is -0.252. The Balaban J connectivity index is 1.50. The predicted molar refractivity (Wildman–Crippen MR) is 116 cm³/mol. The van der Waals surface area contributed by atoms with Gasteiger partial charge in [0, 0.05) is 37.8 Å². The van der Waals surface area contributed by atoms with Gasteiger partial charge in [0.05, 0.1) is 24.0 Å². The van der Waals surface area contributed by atoms with Gasteiger partial charge in [-0.1, -0.05) is 12.1 Å². The third-order valence-electron chi connectivity index (χ3n) is 6.51. The van der Waals surface area contributed by atoms with Crippen LogP contribution in [-0.2, 0) is 0 Å². The van der Waals surface area contributed by atoms with Crippen LogP contribution < -0.4 is 10.5 Å². The summed E-state index contributed by atoms with van der Waals surface area (Å²) >= 11 is 0. The second-order valence-electron chi connectivity index (χ2n) is 8.51. The average molecular weight is 411 g/mol. The molecule has 1 aromatic heterocycles. The molecule has 3 heterocycles. The van der Waals surface area contributed by atoms with E-state index in [1.807, 2.05) is 36.9 Å². The molecular weight excluding hydrogens is 380 g/mol. The molecule has 0 unspecified atom stereocenters. The molecule has 2 aliphatic heterocycles. The first-order valence-electron chi connectivity index (χ1n) is 10.8. The smallest absolute Gasteiger partial charge is 0.269 e. The fourth-order valence-corrected chi connectivity index (χ4v) is 4.47. The zero-order valence-electron chi connectivity index (χ0n) is 17.8. The SMILES string of the molecule is Cc1cccc(C(=O)N2CCC[C@@H](n3ncc(N4CCC(O)CC4)cc3=O)C2)c1C. The van der Waals surface area contributed by atoms with Crippen molar-refractivity contribution in [3.63, 3.8) is 0 Å². The lowest BCUT2D eigenvalue weighted by Gasteiger charge is -2.34. The standard InChI is InChI=1S/C23H30N4O3/c1-16-5-3-7-21(17(16)2)23(30)26-10-4-6-18(15-26)27-22(29)13-19(14-24-27)25-11-8-20(28)9-12-25/h3,5,7,13-14,18,20,28H,4,6,8-12,15H2,1-2H3/t18-/m1/s1. The molecule has 0 spiro atoms. The van der Waals surface area contributed by atoms with Gasteiger partial charge < -0.3 is 14.9 Å². The van der Waals surface area contributed by atoms with E-state index in [9.17, 15) is 14.7 Å². The second-order valence-corrected chi connectivity index (χ2v) is 8.51. The van der Waals surface area contributed by atoms with E-state index in [4.69, 9.17) is 0 Å². The van der Waals surface area contributed by atoms with Crippen molar-refractivity contribution in [1.82, 2.24) is 14.7 Å². The van der Waals surface area contributed by atoms with Crippen molar-refractivity contribution in [3.8, 4) is 0 Å². The second kappa shape index (κ2) is 8.60. The Hall–Kier alpha value is -2.67. The molecular formula is C23H30N4O3. The minimum Gasteiger partial charge on any atom is -0.393 e. The summed E-state index contributed by atoms with van der Waals surface area (Å²) in [5, 5.41) is 14.1. The summed E-state index contributed by atoms with van der Waals surface area (Å²) in [5.74, 6) is 0.0254. The number of amides is 1. The number of carbonyl (C=O) groups is 1. The van der Waals surface area contributed by atoms with E-state index in [1.54, 1.807) is 12.3 Å². The van der Waals surface area contributed by atoms with Crippen LogP contribution in [0.25, 0.3) is 0 Å². The maximum Gasteiger partial charge on any atom is 0.269 e. The summed E-state index contributed by atoms with van der Waals surface area (Å²) < 4.78 is 1.53. The van der Waals surface area contributed by atoms with Crippen LogP contribution >= 0.6 is 0 Å². The maximum atomic E-state index is 13.1. The number of hydrogen-bond donors (Lipinski definition) is 1. The number of rotatable bonds is 3. The monoisotopic (exact) mass is 410 g/mol. The van der Waals surface area contributed by atoms with Gasteiger partial charge >= 0.3 is 0 Å². The van der Waals surface area contributed by atoms with Crippen molar-refractivity contribution in [2.75, 3.05) is 31.1 Å². The lowest BCUT2D eigenvalue weighted by atomic mass is 10.00. The van der Waals surface area contributed by atoms with Crippen LogP contribution in [0.4, 0.5) is 5.69 Å². The molecule has 4 rings (SSSR count). The zero-order valence-corrected chi connectivity index (χ0v) is 17.8. The summed E-state index contributed by atoms with van der Waals surface area (Å²) in [6.07, 6.45) is 4.59. The summed E-state index contributed by atoms with van der Waals surface area (Å²) in [6, 6.07) is 7.33. The number of anilines is 1. The number of piperidine rings is 2. The van der Waals surface area contributed by atoms with E-state index in [1.165, 1.54) is 4.68 Å². The van der Waals surface area contributed by atoms with Gasteiger partial charge in [-0.15, -0.1) is 0 Å². The van der Waals surface area contributed by atoms with Gasteiger partial charge in [-0.05, 0) is 56.7 Å². The molecule has 7 nitrogen and oxygen atoms in total. The molecule has 0 bridgehead atoms. The molecule has 2 aromatic rings. The highest BCUT2D eigenvalue weighted by atomic mass is 16.3. The third-order valence-corrected chi connectivity index (χ3v) is 6.51. The van der Waals surface area contributed by atoms with Gasteiger partial charge in [-0.2, -0.15) is 5.10 Å². The highest BCUT2D eigenvalue weighted by molar-refractivity contribution is 5.96. The molecule has 2 aliphatic rings. The fraction of sp³-hybridized carbons (Fsp3) is 0.522. The van der Waals surface area contributed by atoms with E-state index in [-0.39, 0.29) is 23.6 Å². The Kier molecular flexibility index (Phi) is 5.90. The summed E-state index contributed by atoms with van der Waals surface area (Å²) in [4.78, 5) is 29.9. The van der Waals surface area contributed by atoms with Gasteiger partial charge in [-0.3, -0.25) is 9.59 Å². The van der Waals surface area contributed by atoms with Crippen LogP contribution in [0, 0.1) is 13.8 Å². The van der Waals surface area contributed by atoms with Crippen LogP contribution in [0.5, 0.6) is 0 Å². The molecule has 2 fully saturated rings. The Bertz CT molecular complexity index is 979.